The first-order chi connectivity index (χ1) is 13.2. The molecule has 0 radical (unpaired) electrons. The number of carbonyl (C=O) groups excluding carboxylic acids is 2. The van der Waals surface area contributed by atoms with Crippen molar-refractivity contribution < 1.29 is 9.59 Å². The molecule has 146 valence electrons. The fourth-order valence-corrected chi connectivity index (χ4v) is 3.13. The maximum absolute atomic E-state index is 12.5. The summed E-state index contributed by atoms with van der Waals surface area (Å²) in [7, 11) is 0. The summed E-state index contributed by atoms with van der Waals surface area (Å²) in [5.41, 5.74) is 1.92. The van der Waals surface area contributed by atoms with Crippen molar-refractivity contribution in [3.63, 3.8) is 0 Å². The molecule has 3 rings (SSSR count). The van der Waals surface area contributed by atoms with Gasteiger partial charge in [-0.1, -0.05) is 30.3 Å². The fourth-order valence-electron chi connectivity index (χ4n) is 3.13. The SMILES string of the molecule is CC(NC(=O)c1ccccc1)c1nc2ccccc2n1CC(=O)NC(C)(C)C. The van der Waals surface area contributed by atoms with Gasteiger partial charge in [-0.25, -0.2) is 4.98 Å². The molecule has 6 heteroatoms. The topological polar surface area (TPSA) is 76.0 Å². The van der Waals surface area contributed by atoms with Crippen molar-refractivity contribution in [3.8, 4) is 0 Å². The van der Waals surface area contributed by atoms with E-state index in [1.165, 1.54) is 0 Å². The van der Waals surface area contributed by atoms with E-state index in [1.54, 1.807) is 12.1 Å². The van der Waals surface area contributed by atoms with Crippen LogP contribution in [0.4, 0.5) is 0 Å². The molecule has 3 aromatic rings. The zero-order valence-corrected chi connectivity index (χ0v) is 16.7. The second kappa shape index (κ2) is 7.84. The number of nitrogens with zero attached hydrogens (tertiary/aromatic N) is 2. The number of hydrogen-bond donors (Lipinski definition) is 2. The Morgan fingerprint density at radius 2 is 1.68 bits per heavy atom. The molecule has 0 fully saturated rings. The normalized spacial score (nSPS) is 12.6. The summed E-state index contributed by atoms with van der Waals surface area (Å²) in [6.07, 6.45) is 0. The van der Waals surface area contributed by atoms with Crippen molar-refractivity contribution >= 4 is 22.8 Å². The van der Waals surface area contributed by atoms with Crippen molar-refractivity contribution in [3.05, 3.63) is 66.0 Å². The van der Waals surface area contributed by atoms with Crippen LogP contribution >= 0.6 is 0 Å². The first kappa shape index (κ1) is 19.6. The summed E-state index contributed by atoms with van der Waals surface area (Å²) in [6.45, 7) is 7.85. The third-order valence-electron chi connectivity index (χ3n) is 4.27. The molecule has 6 nitrogen and oxygen atoms in total. The lowest BCUT2D eigenvalue weighted by molar-refractivity contribution is -0.123. The molecule has 0 aliphatic heterocycles. The molecule has 2 amide bonds. The van der Waals surface area contributed by atoms with Crippen LogP contribution in [0.15, 0.2) is 54.6 Å². The Morgan fingerprint density at radius 3 is 2.36 bits per heavy atom. The molecule has 0 spiro atoms. The second-order valence-corrected chi connectivity index (χ2v) is 7.90. The average molecular weight is 378 g/mol. The van der Waals surface area contributed by atoms with Crippen LogP contribution < -0.4 is 10.6 Å². The third-order valence-corrected chi connectivity index (χ3v) is 4.27. The number of carbonyl (C=O) groups is 2. The van der Waals surface area contributed by atoms with Crippen LogP contribution in [0.3, 0.4) is 0 Å². The number of rotatable bonds is 5. The van der Waals surface area contributed by atoms with Crippen LogP contribution in [0, 0.1) is 0 Å². The standard InChI is InChI=1S/C22H26N4O2/c1-15(23-21(28)16-10-6-5-7-11-16)20-24-17-12-8-9-13-18(17)26(20)14-19(27)25-22(2,3)4/h5-13,15H,14H2,1-4H3,(H,23,28)(H,25,27). The van der Waals surface area contributed by atoms with Crippen LogP contribution in [0.5, 0.6) is 0 Å². The number of para-hydroxylation sites is 2. The molecule has 28 heavy (non-hydrogen) atoms. The highest BCUT2D eigenvalue weighted by atomic mass is 16.2. The highest BCUT2D eigenvalue weighted by Crippen LogP contribution is 2.21. The van der Waals surface area contributed by atoms with Crippen LogP contribution in [0.25, 0.3) is 11.0 Å². The Labute approximate surface area is 165 Å². The summed E-state index contributed by atoms with van der Waals surface area (Å²) in [5.74, 6) is 0.374. The summed E-state index contributed by atoms with van der Waals surface area (Å²) in [4.78, 5) is 29.8. The minimum absolute atomic E-state index is 0.0986. The van der Waals surface area contributed by atoms with Crippen LogP contribution in [-0.2, 0) is 11.3 Å². The maximum atomic E-state index is 12.5. The van der Waals surface area contributed by atoms with Crippen LogP contribution in [0.1, 0.15) is 49.9 Å². The highest BCUT2D eigenvalue weighted by Gasteiger charge is 2.22. The number of benzene rings is 2. The van der Waals surface area contributed by atoms with Crippen LogP contribution in [-0.4, -0.2) is 26.9 Å². The predicted octanol–water partition coefficient (Wildman–Crippen LogP) is 3.44. The van der Waals surface area contributed by atoms with Gasteiger partial charge in [0, 0.05) is 11.1 Å². The number of aromatic nitrogens is 2. The second-order valence-electron chi connectivity index (χ2n) is 7.90. The summed E-state index contributed by atoms with van der Waals surface area (Å²) >= 11 is 0. The number of hydrogen-bond acceptors (Lipinski definition) is 3. The van der Waals surface area contributed by atoms with E-state index < -0.39 is 0 Å². The molecule has 1 atom stereocenters. The molecule has 1 heterocycles. The Hall–Kier alpha value is -3.15. The van der Waals surface area contributed by atoms with Gasteiger partial charge in [0.2, 0.25) is 5.91 Å². The Kier molecular flexibility index (Phi) is 5.49. The zero-order chi connectivity index (χ0) is 20.3. The third kappa shape index (κ3) is 4.57. The molecule has 2 N–H and O–H groups in total. The smallest absolute Gasteiger partial charge is 0.251 e. The molecule has 1 unspecified atom stereocenters. The summed E-state index contributed by atoms with van der Waals surface area (Å²) in [6, 6.07) is 16.4. The molecular formula is C22H26N4O2. The molecule has 0 aliphatic rings. The van der Waals surface area contributed by atoms with Crippen molar-refractivity contribution in [2.75, 3.05) is 0 Å². The minimum atomic E-state index is -0.359. The van der Waals surface area contributed by atoms with E-state index in [0.29, 0.717) is 11.4 Å². The molecule has 0 saturated heterocycles. The van der Waals surface area contributed by atoms with Gasteiger partial charge in [0.25, 0.3) is 5.91 Å². The first-order valence-corrected chi connectivity index (χ1v) is 9.37. The number of imidazole rings is 1. The number of nitrogens with one attached hydrogen (secondary N) is 2. The van der Waals surface area contributed by atoms with Gasteiger partial charge in [0.1, 0.15) is 12.4 Å². The molecule has 0 aliphatic carbocycles. The van der Waals surface area contributed by atoms with E-state index in [4.69, 9.17) is 0 Å². The minimum Gasteiger partial charge on any atom is -0.350 e. The van der Waals surface area contributed by atoms with E-state index in [2.05, 4.69) is 15.6 Å². The van der Waals surface area contributed by atoms with Gasteiger partial charge in [0.05, 0.1) is 17.1 Å². The molecule has 0 saturated carbocycles. The molecule has 2 aromatic carbocycles. The summed E-state index contributed by atoms with van der Waals surface area (Å²) < 4.78 is 1.87. The quantitative estimate of drug-likeness (QED) is 0.714. The number of amides is 2. The average Bonchev–Trinajstić information content (AvgIpc) is 2.99. The fraction of sp³-hybridized carbons (Fsp3) is 0.318. The van der Waals surface area contributed by atoms with Crippen molar-refractivity contribution in [2.24, 2.45) is 0 Å². The summed E-state index contributed by atoms with van der Waals surface area (Å²) in [5, 5.41) is 5.96. The van der Waals surface area contributed by atoms with E-state index >= 15 is 0 Å². The van der Waals surface area contributed by atoms with E-state index in [1.807, 2.05) is 74.7 Å². The lowest BCUT2D eigenvalue weighted by Crippen LogP contribution is -2.42. The van der Waals surface area contributed by atoms with Gasteiger partial charge in [-0.2, -0.15) is 0 Å². The Bertz CT molecular complexity index is 987. The zero-order valence-electron chi connectivity index (χ0n) is 16.7. The van der Waals surface area contributed by atoms with E-state index in [-0.39, 0.29) is 29.9 Å². The predicted molar refractivity (Wildman–Crippen MR) is 110 cm³/mol. The molecular weight excluding hydrogens is 352 g/mol. The van der Waals surface area contributed by atoms with Gasteiger partial charge in [-0.05, 0) is 52.0 Å². The number of fused-ring (bicyclic) bond motifs is 1. The first-order valence-electron chi connectivity index (χ1n) is 9.37. The van der Waals surface area contributed by atoms with E-state index in [0.717, 1.165) is 11.0 Å². The monoisotopic (exact) mass is 378 g/mol. The van der Waals surface area contributed by atoms with Crippen LogP contribution in [0.2, 0.25) is 0 Å². The van der Waals surface area contributed by atoms with Gasteiger partial charge >= 0.3 is 0 Å². The van der Waals surface area contributed by atoms with Gasteiger partial charge in [-0.3, -0.25) is 9.59 Å². The van der Waals surface area contributed by atoms with E-state index in [9.17, 15) is 9.59 Å². The lowest BCUT2D eigenvalue weighted by Gasteiger charge is -2.22. The van der Waals surface area contributed by atoms with Gasteiger partial charge in [0.15, 0.2) is 0 Å². The van der Waals surface area contributed by atoms with Crippen molar-refractivity contribution in [1.82, 2.24) is 20.2 Å². The van der Waals surface area contributed by atoms with Crippen molar-refractivity contribution in [1.29, 1.82) is 0 Å². The lowest BCUT2D eigenvalue weighted by atomic mass is 10.1. The van der Waals surface area contributed by atoms with Gasteiger partial charge in [-0.15, -0.1) is 0 Å². The molecule has 0 bridgehead atoms. The largest absolute Gasteiger partial charge is 0.350 e. The van der Waals surface area contributed by atoms with Gasteiger partial charge < -0.3 is 15.2 Å². The van der Waals surface area contributed by atoms with Crippen molar-refractivity contribution in [2.45, 2.75) is 45.8 Å². The highest BCUT2D eigenvalue weighted by molar-refractivity contribution is 5.94. The molecule has 1 aromatic heterocycles. The maximum Gasteiger partial charge on any atom is 0.251 e. The Balaban J connectivity index is 1.89. The Morgan fingerprint density at radius 1 is 1.04 bits per heavy atom.